The van der Waals surface area contributed by atoms with E-state index in [2.05, 4.69) is 41.1 Å². The lowest BCUT2D eigenvalue weighted by Gasteiger charge is -2.24. The van der Waals surface area contributed by atoms with Gasteiger partial charge in [-0.15, -0.1) is 0 Å². The molecule has 12 nitrogen and oxygen atoms in total. The van der Waals surface area contributed by atoms with E-state index in [4.69, 9.17) is 18.9 Å². The Hall–Kier alpha value is -6.82. The number of carbonyl (C=O) groups is 3. The molecule has 2 N–H and O–H groups in total. The predicted octanol–water partition coefficient (Wildman–Crippen LogP) is 7.38. The van der Waals surface area contributed by atoms with Crippen LogP contribution < -0.4 is 34.1 Å². The predicted molar refractivity (Wildman–Crippen MR) is 215 cm³/mol. The molecule has 2 aliphatic rings. The normalized spacial score (nSPS) is 14.1. The highest BCUT2D eigenvalue weighted by molar-refractivity contribution is 6.11. The quantitative estimate of drug-likeness (QED) is 0.0822. The van der Waals surface area contributed by atoms with Crippen LogP contribution in [0.2, 0.25) is 0 Å². The Balaban J connectivity index is 1.07. The van der Waals surface area contributed by atoms with E-state index < -0.39 is 5.97 Å². The molecule has 1 unspecified atom stereocenters. The first-order valence-corrected chi connectivity index (χ1v) is 18.1. The summed E-state index contributed by atoms with van der Waals surface area (Å²) in [6.07, 6.45) is 2.40. The van der Waals surface area contributed by atoms with E-state index in [0.717, 1.165) is 30.4 Å². The summed E-state index contributed by atoms with van der Waals surface area (Å²) in [5.41, 5.74) is 7.24. The van der Waals surface area contributed by atoms with Gasteiger partial charge in [0.05, 0.1) is 37.1 Å². The second-order valence-corrected chi connectivity index (χ2v) is 13.6. The van der Waals surface area contributed by atoms with Gasteiger partial charge in [-0.2, -0.15) is 0 Å². The number of aliphatic imine (C=N–C) groups is 1. The molecule has 0 spiro atoms. The molecule has 1 atom stereocenters. The lowest BCUT2D eigenvalue weighted by atomic mass is 10.1. The number of hydrogen-bond donors (Lipinski definition) is 2. The fraction of sp³-hybridized carbons (Fsp3) is 0.227. The van der Waals surface area contributed by atoms with Crippen LogP contribution in [-0.2, 0) is 26.1 Å². The summed E-state index contributed by atoms with van der Waals surface area (Å²) >= 11 is 0. The molecule has 0 bridgehead atoms. The number of hydrogen-bond acceptors (Lipinski definition) is 10. The summed E-state index contributed by atoms with van der Waals surface area (Å²) < 4.78 is 23.6. The van der Waals surface area contributed by atoms with Crippen LogP contribution in [0.15, 0.2) is 96.0 Å². The summed E-state index contributed by atoms with van der Waals surface area (Å²) in [6, 6.07) is 27.6. The maximum atomic E-state index is 13.7. The van der Waals surface area contributed by atoms with Gasteiger partial charge in [0.15, 0.2) is 29.3 Å². The van der Waals surface area contributed by atoms with Crippen molar-refractivity contribution in [3.05, 3.63) is 130 Å². The number of aldehydes is 1. The maximum Gasteiger partial charge on any atom is 0.335 e. The fourth-order valence-electron chi connectivity index (χ4n) is 7.34. The Morgan fingerprint density at radius 3 is 2.14 bits per heavy atom. The van der Waals surface area contributed by atoms with Crippen LogP contribution in [-0.4, -0.2) is 70.4 Å². The molecule has 0 fully saturated rings. The molecular weight excluding hydrogens is 713 g/mol. The molecule has 286 valence electrons. The average molecular weight is 755 g/mol. The molecule has 0 radical (unpaired) electrons. The van der Waals surface area contributed by atoms with Crippen molar-refractivity contribution in [3.63, 3.8) is 0 Å². The third-order valence-corrected chi connectivity index (χ3v) is 10.3. The molecule has 0 saturated carbocycles. The zero-order valence-electron chi connectivity index (χ0n) is 31.4. The van der Waals surface area contributed by atoms with Gasteiger partial charge in [-0.1, -0.05) is 36.4 Å². The van der Waals surface area contributed by atoms with Gasteiger partial charge >= 0.3 is 5.97 Å². The first-order valence-electron chi connectivity index (χ1n) is 18.1. The standard InChI is InChI=1S/C44H42N4O8/c1-45-36-22-42(40(54-4)20-34(36)43(50)48-14-13-29-9-5-8-12-38(29)48)56-26-28-15-27(16-31(17-28)44(51)52)25-55-41-21-35(32(24-49)19-39(41)53-3)46-23-33-18-30-10-6-7-11-37(30)47(33)2/h5-12,15-17,19-22,24,33,46H,1,13-14,18,23,25-26H2,2-4H3,(H,51,52). The van der Waals surface area contributed by atoms with E-state index in [9.17, 15) is 19.5 Å². The second kappa shape index (κ2) is 16.3. The van der Waals surface area contributed by atoms with Crippen LogP contribution in [0.4, 0.5) is 22.7 Å². The molecule has 5 aromatic carbocycles. The van der Waals surface area contributed by atoms with E-state index in [0.29, 0.717) is 69.7 Å². The lowest BCUT2D eigenvalue weighted by molar-refractivity contribution is 0.0696. The Bertz CT molecular complexity index is 2330. The van der Waals surface area contributed by atoms with E-state index in [-0.39, 0.29) is 30.7 Å². The Kier molecular flexibility index (Phi) is 10.9. The maximum absolute atomic E-state index is 13.7. The molecule has 2 aliphatic heterocycles. The van der Waals surface area contributed by atoms with Crippen molar-refractivity contribution in [1.29, 1.82) is 0 Å². The van der Waals surface area contributed by atoms with Crippen LogP contribution in [0.1, 0.15) is 53.3 Å². The first-order chi connectivity index (χ1) is 27.2. The minimum absolute atomic E-state index is 0.00464. The minimum Gasteiger partial charge on any atom is -0.493 e. The number of anilines is 3. The number of nitrogens with one attached hydrogen (secondary N) is 1. The number of aromatic carboxylic acids is 1. The van der Waals surface area contributed by atoms with Crippen molar-refractivity contribution < 1.29 is 38.4 Å². The van der Waals surface area contributed by atoms with Crippen LogP contribution in [0.3, 0.4) is 0 Å². The number of benzene rings is 5. The van der Waals surface area contributed by atoms with Crippen LogP contribution in [0.5, 0.6) is 23.0 Å². The van der Waals surface area contributed by atoms with Gasteiger partial charge in [0.25, 0.3) is 5.91 Å². The van der Waals surface area contributed by atoms with Gasteiger partial charge in [0.1, 0.15) is 13.2 Å². The third kappa shape index (κ3) is 7.58. The SMILES string of the molecule is C=Nc1cc(OCc2cc(COc3cc(NCC4Cc5ccccc5N4C)c(C=O)cc3OC)cc(C(=O)O)c2)c(OC)cc1C(=O)N1CCc2ccccc21. The second-order valence-electron chi connectivity index (χ2n) is 13.6. The lowest BCUT2D eigenvalue weighted by Crippen LogP contribution is -2.34. The highest BCUT2D eigenvalue weighted by Crippen LogP contribution is 2.39. The van der Waals surface area contributed by atoms with Crippen molar-refractivity contribution in [2.75, 3.05) is 49.5 Å². The van der Waals surface area contributed by atoms with Gasteiger partial charge in [-0.25, -0.2) is 4.79 Å². The summed E-state index contributed by atoms with van der Waals surface area (Å²) in [5.74, 6) is 0.00596. The van der Waals surface area contributed by atoms with Crippen molar-refractivity contribution in [1.82, 2.24) is 0 Å². The summed E-state index contributed by atoms with van der Waals surface area (Å²) in [7, 11) is 5.03. The molecule has 56 heavy (non-hydrogen) atoms. The average Bonchev–Trinajstić information content (AvgIpc) is 3.81. The molecule has 0 aliphatic carbocycles. The molecule has 7 rings (SSSR count). The van der Waals surface area contributed by atoms with Gasteiger partial charge in [-0.3, -0.25) is 14.6 Å². The number of carboxylic acids is 1. The number of carbonyl (C=O) groups excluding carboxylic acids is 2. The smallest absolute Gasteiger partial charge is 0.335 e. The van der Waals surface area contributed by atoms with E-state index >= 15 is 0 Å². The van der Waals surface area contributed by atoms with Gasteiger partial charge < -0.3 is 39.2 Å². The van der Waals surface area contributed by atoms with Crippen molar-refractivity contribution in [2.24, 2.45) is 4.99 Å². The Morgan fingerprint density at radius 2 is 1.50 bits per heavy atom. The molecule has 5 aromatic rings. The van der Waals surface area contributed by atoms with Crippen LogP contribution in [0, 0.1) is 0 Å². The Morgan fingerprint density at radius 1 is 0.857 bits per heavy atom. The molecule has 0 saturated heterocycles. The third-order valence-electron chi connectivity index (χ3n) is 10.3. The van der Waals surface area contributed by atoms with E-state index in [1.807, 2.05) is 36.4 Å². The van der Waals surface area contributed by atoms with Gasteiger partial charge in [-0.05, 0) is 84.3 Å². The molecular formula is C44H42N4O8. The van der Waals surface area contributed by atoms with Crippen molar-refractivity contribution >= 4 is 47.6 Å². The first kappa shape index (κ1) is 37.5. The van der Waals surface area contributed by atoms with E-state index in [1.54, 1.807) is 35.2 Å². The van der Waals surface area contributed by atoms with Gasteiger partial charge in [0.2, 0.25) is 0 Å². The largest absolute Gasteiger partial charge is 0.493 e. The number of para-hydroxylation sites is 2. The summed E-state index contributed by atoms with van der Waals surface area (Å²) in [5, 5.41) is 13.4. The zero-order valence-corrected chi connectivity index (χ0v) is 31.4. The van der Waals surface area contributed by atoms with Gasteiger partial charge in [0, 0.05) is 54.9 Å². The van der Waals surface area contributed by atoms with Crippen LogP contribution >= 0.6 is 0 Å². The summed E-state index contributed by atoms with van der Waals surface area (Å²) in [4.78, 5) is 46.1. The number of likely N-dealkylation sites (N-methyl/N-ethyl adjacent to an activating group) is 1. The number of nitrogens with zero attached hydrogens (tertiary/aromatic N) is 3. The molecule has 12 heteroatoms. The number of ether oxygens (including phenoxy) is 4. The minimum atomic E-state index is -1.12. The number of amides is 1. The highest BCUT2D eigenvalue weighted by Gasteiger charge is 2.29. The monoisotopic (exact) mass is 754 g/mol. The summed E-state index contributed by atoms with van der Waals surface area (Å²) in [6.45, 7) is 4.78. The van der Waals surface area contributed by atoms with E-state index in [1.165, 1.54) is 37.6 Å². The van der Waals surface area contributed by atoms with Crippen molar-refractivity contribution in [2.45, 2.75) is 32.1 Å². The van der Waals surface area contributed by atoms with Crippen LogP contribution in [0.25, 0.3) is 0 Å². The zero-order chi connectivity index (χ0) is 39.3. The number of carboxylic acid groups (broad SMARTS) is 1. The highest BCUT2D eigenvalue weighted by atomic mass is 16.5. The molecule has 0 aromatic heterocycles. The fourth-order valence-corrected chi connectivity index (χ4v) is 7.34. The topological polar surface area (TPSA) is 139 Å². The number of rotatable bonds is 15. The Labute approximate surface area is 324 Å². The molecule has 2 heterocycles. The van der Waals surface area contributed by atoms with Crippen molar-refractivity contribution in [3.8, 4) is 23.0 Å². The number of fused-ring (bicyclic) bond motifs is 2. The molecule has 1 amide bonds. The number of methoxy groups -OCH3 is 2.